The summed E-state index contributed by atoms with van der Waals surface area (Å²) in [6, 6.07) is 14.1. The number of sulfone groups is 3. The average Bonchev–Trinajstić information content (AvgIpc) is 3.20. The standard InChI is InChI=1S/C15H22FNO3S.C15H22FNO2S.C14H20FNO2S/c1-20-11-10-17-8-6-12(7-9-17)13-4-3-5-14(15(13)16)21(2,18)19;1-3-9-17-10-7-12(8-11-17)13-5-4-6-14(15(13)16)20(2,18)19;1-3-16-9-7-11(8-10-16)12-5-4-6-13(14(12)15)19(2,17)18/h3-5,12H,6-11H2,1-2H3;4-6,12H,3,7-11H2,1-2H3;4-6,11H,3,7-10H2,1-2H3. The SMILES string of the molecule is CCCN1CCC(c2cccc(S(C)(=O)=O)c2F)CC1.CCN1CCC(c2cccc(S(C)(=O)=O)c2F)CC1.COCCN1CCC(c2cccc(S(C)(=O)=O)c2F)CC1. The van der Waals surface area contributed by atoms with Crippen molar-refractivity contribution in [2.75, 3.05) is 91.4 Å². The molecule has 0 amide bonds. The van der Waals surface area contributed by atoms with Crippen molar-refractivity contribution in [2.45, 2.75) is 91.2 Å². The van der Waals surface area contributed by atoms with Gasteiger partial charge in [0.2, 0.25) is 0 Å². The number of likely N-dealkylation sites (tertiary alicyclic amines) is 3. The lowest BCUT2D eigenvalue weighted by Gasteiger charge is -2.32. The second-order valence-corrected chi connectivity index (χ2v) is 22.2. The number of nitrogens with zero attached hydrogens (tertiary/aromatic N) is 3. The lowest BCUT2D eigenvalue weighted by molar-refractivity contribution is 0.130. The van der Waals surface area contributed by atoms with Crippen LogP contribution in [-0.4, -0.2) is 131 Å². The van der Waals surface area contributed by atoms with Crippen molar-refractivity contribution in [2.24, 2.45) is 0 Å². The Balaban J connectivity index is 0.000000199. The molecule has 6 rings (SSSR count). The normalized spacial score (nSPS) is 18.4. The van der Waals surface area contributed by atoms with Gasteiger partial charge in [0.1, 0.15) is 32.1 Å². The van der Waals surface area contributed by atoms with Gasteiger partial charge in [0, 0.05) is 32.4 Å². The first-order valence-electron chi connectivity index (χ1n) is 20.9. The van der Waals surface area contributed by atoms with Crippen molar-refractivity contribution in [3.63, 3.8) is 0 Å². The van der Waals surface area contributed by atoms with Crippen LogP contribution in [-0.2, 0) is 34.2 Å². The molecule has 3 aliphatic heterocycles. The van der Waals surface area contributed by atoms with Gasteiger partial charge in [-0.25, -0.2) is 38.4 Å². The van der Waals surface area contributed by atoms with Crippen molar-refractivity contribution in [3.8, 4) is 0 Å². The highest BCUT2D eigenvalue weighted by Gasteiger charge is 2.28. The number of rotatable bonds is 12. The zero-order valence-corrected chi connectivity index (χ0v) is 38.5. The highest BCUT2D eigenvalue weighted by Crippen LogP contribution is 2.34. The molecule has 16 heteroatoms. The number of methoxy groups -OCH3 is 1. The Labute approximate surface area is 357 Å². The molecule has 3 aromatic rings. The Hall–Kier alpha value is -2.86. The van der Waals surface area contributed by atoms with Crippen LogP contribution in [0.5, 0.6) is 0 Å². The summed E-state index contributed by atoms with van der Waals surface area (Å²) in [5.41, 5.74) is 1.65. The molecule has 0 spiro atoms. The van der Waals surface area contributed by atoms with Gasteiger partial charge in [0.25, 0.3) is 0 Å². The first-order valence-corrected chi connectivity index (χ1v) is 26.6. The van der Waals surface area contributed by atoms with E-state index in [2.05, 4.69) is 28.5 Å². The van der Waals surface area contributed by atoms with Crippen LogP contribution in [0.25, 0.3) is 0 Å². The molecule has 0 bridgehead atoms. The molecular formula is C44H64F3N3O7S3. The number of hydrogen-bond donors (Lipinski definition) is 0. The molecule has 0 saturated carbocycles. The fourth-order valence-electron chi connectivity index (χ4n) is 8.42. The van der Waals surface area contributed by atoms with Crippen molar-refractivity contribution in [1.82, 2.24) is 14.7 Å². The number of benzene rings is 3. The lowest BCUT2D eigenvalue weighted by Crippen LogP contribution is -2.35. The van der Waals surface area contributed by atoms with Gasteiger partial charge < -0.3 is 19.4 Å². The van der Waals surface area contributed by atoms with E-state index in [1.54, 1.807) is 43.5 Å². The maximum atomic E-state index is 14.4. The predicted octanol–water partition coefficient (Wildman–Crippen LogP) is 7.30. The third-order valence-corrected chi connectivity index (χ3v) is 15.2. The Morgan fingerprint density at radius 1 is 0.517 bits per heavy atom. The second-order valence-electron chi connectivity index (χ2n) is 16.2. The molecule has 10 nitrogen and oxygen atoms in total. The van der Waals surface area contributed by atoms with Crippen LogP contribution in [0.1, 0.15) is 93.2 Å². The van der Waals surface area contributed by atoms with Crippen LogP contribution in [0.4, 0.5) is 13.2 Å². The Morgan fingerprint density at radius 2 is 0.817 bits per heavy atom. The second kappa shape index (κ2) is 22.5. The van der Waals surface area contributed by atoms with Crippen molar-refractivity contribution in [3.05, 3.63) is 88.7 Å². The Kier molecular flexibility index (Phi) is 18.7. The summed E-state index contributed by atoms with van der Waals surface area (Å²) >= 11 is 0. The Morgan fingerprint density at radius 3 is 1.08 bits per heavy atom. The van der Waals surface area contributed by atoms with Crippen LogP contribution >= 0.6 is 0 Å². The minimum absolute atomic E-state index is 0.0884. The number of hydrogen-bond acceptors (Lipinski definition) is 10. The van der Waals surface area contributed by atoms with E-state index < -0.39 is 47.0 Å². The van der Waals surface area contributed by atoms with Crippen molar-refractivity contribution in [1.29, 1.82) is 0 Å². The van der Waals surface area contributed by atoms with E-state index in [0.29, 0.717) is 23.3 Å². The first-order chi connectivity index (χ1) is 28.3. The maximum Gasteiger partial charge on any atom is 0.178 e. The van der Waals surface area contributed by atoms with Gasteiger partial charge in [-0.1, -0.05) is 50.2 Å². The van der Waals surface area contributed by atoms with E-state index >= 15 is 0 Å². The summed E-state index contributed by atoms with van der Waals surface area (Å²) in [6.07, 6.45) is 9.52. The zero-order valence-electron chi connectivity index (χ0n) is 36.0. The quantitative estimate of drug-likeness (QED) is 0.183. The summed E-state index contributed by atoms with van der Waals surface area (Å²) in [7, 11) is -8.83. The van der Waals surface area contributed by atoms with Crippen molar-refractivity contribution >= 4 is 29.5 Å². The lowest BCUT2D eigenvalue weighted by atomic mass is 9.89. The molecule has 3 saturated heterocycles. The molecule has 0 radical (unpaired) electrons. The van der Waals surface area contributed by atoms with Crippen molar-refractivity contribution < 1.29 is 43.2 Å². The molecule has 0 unspecified atom stereocenters. The molecule has 336 valence electrons. The van der Waals surface area contributed by atoms with E-state index in [9.17, 15) is 38.4 Å². The highest BCUT2D eigenvalue weighted by atomic mass is 32.2. The summed E-state index contributed by atoms with van der Waals surface area (Å²) in [4.78, 5) is 6.46. The molecule has 3 fully saturated rings. The monoisotopic (exact) mass is 899 g/mol. The smallest absolute Gasteiger partial charge is 0.178 e. The van der Waals surface area contributed by atoms with Gasteiger partial charge in [-0.2, -0.15) is 0 Å². The molecule has 3 aromatic carbocycles. The van der Waals surface area contributed by atoms with E-state index in [4.69, 9.17) is 4.74 Å². The van der Waals surface area contributed by atoms with Gasteiger partial charge in [-0.15, -0.1) is 0 Å². The molecule has 3 heterocycles. The molecule has 0 atom stereocenters. The van der Waals surface area contributed by atoms with Crippen LogP contribution in [0, 0.1) is 17.5 Å². The first kappa shape index (κ1) is 49.8. The summed E-state index contributed by atoms with van der Waals surface area (Å²) in [5, 5.41) is 0. The van der Waals surface area contributed by atoms with E-state index in [-0.39, 0.29) is 32.4 Å². The largest absolute Gasteiger partial charge is 0.383 e. The third-order valence-electron chi connectivity index (χ3n) is 11.9. The highest BCUT2D eigenvalue weighted by molar-refractivity contribution is 7.91. The van der Waals surface area contributed by atoms with Crippen LogP contribution in [0.3, 0.4) is 0 Å². The van der Waals surface area contributed by atoms with Gasteiger partial charge in [0.05, 0.1) is 6.61 Å². The molecule has 0 aromatic heterocycles. The average molecular weight is 900 g/mol. The topological polar surface area (TPSA) is 121 Å². The molecule has 3 aliphatic rings. The molecule has 0 N–H and O–H groups in total. The van der Waals surface area contributed by atoms with E-state index in [1.807, 2.05) is 0 Å². The van der Waals surface area contributed by atoms with Crippen LogP contribution in [0.15, 0.2) is 69.3 Å². The maximum absolute atomic E-state index is 14.4. The molecule has 0 aliphatic carbocycles. The number of ether oxygens (including phenoxy) is 1. The zero-order chi connectivity index (χ0) is 44.3. The minimum atomic E-state index is -3.52. The number of halogens is 3. The summed E-state index contributed by atoms with van der Waals surface area (Å²) in [5.74, 6) is -1.33. The van der Waals surface area contributed by atoms with Gasteiger partial charge in [-0.3, -0.25) is 0 Å². The van der Waals surface area contributed by atoms with E-state index in [0.717, 1.165) is 123 Å². The van der Waals surface area contributed by atoms with Crippen LogP contribution in [0.2, 0.25) is 0 Å². The minimum Gasteiger partial charge on any atom is -0.383 e. The van der Waals surface area contributed by atoms with Gasteiger partial charge in [-0.05, 0) is 150 Å². The number of piperidine rings is 3. The van der Waals surface area contributed by atoms with E-state index in [1.165, 1.54) is 18.2 Å². The summed E-state index contributed by atoms with van der Waals surface area (Å²) < 4.78 is 118. The molecule has 60 heavy (non-hydrogen) atoms. The van der Waals surface area contributed by atoms with Gasteiger partial charge in [0.15, 0.2) is 29.5 Å². The predicted molar refractivity (Wildman–Crippen MR) is 232 cm³/mol. The fraction of sp³-hybridized carbons (Fsp3) is 0.591. The third kappa shape index (κ3) is 13.8. The van der Waals surface area contributed by atoms with Crippen LogP contribution < -0.4 is 0 Å². The Bertz CT molecular complexity index is 2180. The summed E-state index contributed by atoms with van der Waals surface area (Å²) in [6.45, 7) is 13.5. The fourth-order valence-corrected chi connectivity index (χ4v) is 10.7. The molecular weight excluding hydrogens is 836 g/mol. The van der Waals surface area contributed by atoms with Gasteiger partial charge >= 0.3 is 0 Å².